The van der Waals surface area contributed by atoms with Gasteiger partial charge in [-0.15, -0.1) is 0 Å². The van der Waals surface area contributed by atoms with Gasteiger partial charge >= 0.3 is 0 Å². The van der Waals surface area contributed by atoms with Crippen molar-refractivity contribution in [2.45, 2.75) is 33.1 Å². The Hall–Kier alpha value is -1.35. The summed E-state index contributed by atoms with van der Waals surface area (Å²) in [7, 11) is 0. The van der Waals surface area contributed by atoms with Crippen molar-refractivity contribution in [3.05, 3.63) is 29.3 Å². The molecule has 2 rings (SSSR count). The fraction of sp³-hybridized carbons (Fsp3) is 0.562. The van der Waals surface area contributed by atoms with Crippen LogP contribution in [0.1, 0.15) is 42.6 Å². The lowest BCUT2D eigenvalue weighted by Crippen LogP contribution is -2.31. The number of rotatable bonds is 7. The fourth-order valence-electron chi connectivity index (χ4n) is 2.56. The molecule has 104 valence electrons. The first-order valence-electron chi connectivity index (χ1n) is 7.25. The largest absolute Gasteiger partial charge is 0.493 e. The minimum Gasteiger partial charge on any atom is -0.493 e. The second-order valence-corrected chi connectivity index (χ2v) is 5.12. The Morgan fingerprint density at radius 3 is 2.68 bits per heavy atom. The van der Waals surface area contributed by atoms with Crippen LogP contribution in [0, 0.1) is 0 Å². The van der Waals surface area contributed by atoms with Gasteiger partial charge in [0.2, 0.25) is 0 Å². The minimum absolute atomic E-state index is 0.219. The maximum Gasteiger partial charge on any atom is 0.176 e. The summed E-state index contributed by atoms with van der Waals surface area (Å²) >= 11 is 0. The van der Waals surface area contributed by atoms with Gasteiger partial charge in [-0.3, -0.25) is 9.69 Å². The molecule has 0 unspecified atom stereocenters. The molecule has 1 aliphatic rings. The highest BCUT2D eigenvalue weighted by Gasteiger charge is 2.16. The summed E-state index contributed by atoms with van der Waals surface area (Å²) < 4.78 is 5.47. The number of hydrogen-bond acceptors (Lipinski definition) is 3. The molecule has 19 heavy (non-hydrogen) atoms. The van der Waals surface area contributed by atoms with Gasteiger partial charge in [-0.05, 0) is 49.7 Å². The van der Waals surface area contributed by atoms with Crippen molar-refractivity contribution in [1.29, 1.82) is 0 Å². The molecule has 3 nitrogen and oxygen atoms in total. The summed E-state index contributed by atoms with van der Waals surface area (Å²) in [6.45, 7) is 7.56. The molecule has 3 heteroatoms. The molecule has 0 atom stereocenters. The number of Topliss-reactive ketones (excluding diaryl/α,β-unsaturated/α-hetero) is 1. The Morgan fingerprint density at radius 2 is 2.00 bits per heavy atom. The monoisotopic (exact) mass is 261 g/mol. The predicted molar refractivity (Wildman–Crippen MR) is 77.0 cm³/mol. The highest BCUT2D eigenvalue weighted by Crippen LogP contribution is 2.26. The van der Waals surface area contributed by atoms with Gasteiger partial charge in [0.05, 0.1) is 13.2 Å². The van der Waals surface area contributed by atoms with Crippen molar-refractivity contribution >= 4 is 5.78 Å². The van der Waals surface area contributed by atoms with Gasteiger partial charge in [-0.1, -0.05) is 13.8 Å². The van der Waals surface area contributed by atoms with E-state index in [1.54, 1.807) is 0 Å². The molecule has 0 radical (unpaired) electrons. The van der Waals surface area contributed by atoms with Gasteiger partial charge < -0.3 is 4.74 Å². The van der Waals surface area contributed by atoms with Crippen molar-refractivity contribution in [3.8, 4) is 5.75 Å². The number of fused-ring (bicyclic) bond motifs is 1. The lowest BCUT2D eigenvalue weighted by atomic mass is 10.0. The third-order valence-electron chi connectivity index (χ3n) is 3.46. The van der Waals surface area contributed by atoms with E-state index >= 15 is 0 Å². The number of benzene rings is 1. The van der Waals surface area contributed by atoms with E-state index in [4.69, 9.17) is 4.74 Å². The molecule has 0 saturated heterocycles. The molecule has 0 bridgehead atoms. The summed E-state index contributed by atoms with van der Waals surface area (Å²) in [5.41, 5.74) is 1.99. The highest BCUT2D eigenvalue weighted by molar-refractivity contribution is 5.98. The zero-order chi connectivity index (χ0) is 13.7. The highest BCUT2D eigenvalue weighted by atomic mass is 16.5. The number of hydrogen-bond donors (Lipinski definition) is 0. The smallest absolute Gasteiger partial charge is 0.176 e. The van der Waals surface area contributed by atoms with Crippen LogP contribution in [0.2, 0.25) is 0 Å². The molecule has 0 saturated carbocycles. The van der Waals surface area contributed by atoms with Crippen molar-refractivity contribution in [3.63, 3.8) is 0 Å². The summed E-state index contributed by atoms with van der Waals surface area (Å²) in [6, 6.07) is 5.82. The van der Waals surface area contributed by atoms with Gasteiger partial charge in [0.15, 0.2) is 5.78 Å². The summed E-state index contributed by atoms with van der Waals surface area (Å²) in [5, 5.41) is 0. The molecule has 1 heterocycles. The molecule has 1 aromatic rings. The average Bonchev–Trinajstić information content (AvgIpc) is 2.86. The maximum absolute atomic E-state index is 12.3. The zero-order valence-electron chi connectivity index (χ0n) is 11.9. The first-order valence-corrected chi connectivity index (χ1v) is 7.25. The SMILES string of the molecule is CCCN(CCC)CC(=O)c1ccc2c(c1)CCO2. The van der Waals surface area contributed by atoms with E-state index in [0.717, 1.165) is 50.3 Å². The van der Waals surface area contributed by atoms with E-state index in [1.165, 1.54) is 5.56 Å². The Morgan fingerprint density at radius 1 is 1.26 bits per heavy atom. The van der Waals surface area contributed by atoms with Crippen molar-refractivity contribution in [2.75, 3.05) is 26.2 Å². The van der Waals surface area contributed by atoms with Crippen LogP contribution >= 0.6 is 0 Å². The molecule has 0 N–H and O–H groups in total. The Balaban J connectivity index is 2.02. The van der Waals surface area contributed by atoms with Gasteiger partial charge in [0.1, 0.15) is 5.75 Å². The zero-order valence-corrected chi connectivity index (χ0v) is 11.9. The summed E-state index contributed by atoms with van der Waals surface area (Å²) in [6.07, 6.45) is 3.10. The third kappa shape index (κ3) is 3.57. The maximum atomic E-state index is 12.3. The number of nitrogens with zero attached hydrogens (tertiary/aromatic N) is 1. The first-order chi connectivity index (χ1) is 9.24. The molecule has 1 aromatic carbocycles. The number of carbonyl (C=O) groups excluding carboxylic acids is 1. The van der Waals surface area contributed by atoms with E-state index in [9.17, 15) is 4.79 Å². The Bertz CT molecular complexity index is 436. The van der Waals surface area contributed by atoms with Crippen LogP contribution < -0.4 is 4.74 Å². The second kappa shape index (κ2) is 6.71. The van der Waals surface area contributed by atoms with Crippen LogP contribution in [0.5, 0.6) is 5.75 Å². The van der Waals surface area contributed by atoms with E-state index in [-0.39, 0.29) is 5.78 Å². The van der Waals surface area contributed by atoms with Gasteiger partial charge in [0.25, 0.3) is 0 Å². The molecular formula is C16H23NO2. The fourth-order valence-corrected chi connectivity index (χ4v) is 2.56. The Kier molecular flexibility index (Phi) is 4.97. The molecule has 0 aliphatic carbocycles. The predicted octanol–water partition coefficient (Wildman–Crippen LogP) is 2.93. The standard InChI is InChI=1S/C16H23NO2/c1-3-8-17(9-4-2)12-15(18)13-5-6-16-14(11-13)7-10-19-16/h5-6,11H,3-4,7-10,12H2,1-2H3. The normalized spacial score (nSPS) is 13.4. The second-order valence-electron chi connectivity index (χ2n) is 5.12. The molecular weight excluding hydrogens is 238 g/mol. The summed E-state index contributed by atoms with van der Waals surface area (Å²) in [4.78, 5) is 14.6. The van der Waals surface area contributed by atoms with Crippen LogP contribution in [-0.2, 0) is 6.42 Å². The van der Waals surface area contributed by atoms with Crippen LogP contribution in [0.15, 0.2) is 18.2 Å². The number of carbonyl (C=O) groups is 1. The molecule has 1 aliphatic heterocycles. The lowest BCUT2D eigenvalue weighted by molar-refractivity contribution is 0.0930. The molecule has 0 amide bonds. The average molecular weight is 261 g/mol. The van der Waals surface area contributed by atoms with Crippen LogP contribution in [-0.4, -0.2) is 36.9 Å². The van der Waals surface area contributed by atoms with Crippen molar-refractivity contribution < 1.29 is 9.53 Å². The molecule has 0 spiro atoms. The topological polar surface area (TPSA) is 29.5 Å². The van der Waals surface area contributed by atoms with Crippen LogP contribution in [0.4, 0.5) is 0 Å². The first kappa shape index (κ1) is 14.1. The lowest BCUT2D eigenvalue weighted by Gasteiger charge is -2.20. The van der Waals surface area contributed by atoms with Crippen molar-refractivity contribution in [1.82, 2.24) is 4.90 Å². The third-order valence-corrected chi connectivity index (χ3v) is 3.46. The van der Waals surface area contributed by atoms with E-state index < -0.39 is 0 Å². The van der Waals surface area contributed by atoms with E-state index in [1.807, 2.05) is 18.2 Å². The van der Waals surface area contributed by atoms with Gasteiger partial charge in [0, 0.05) is 12.0 Å². The van der Waals surface area contributed by atoms with Crippen LogP contribution in [0.3, 0.4) is 0 Å². The van der Waals surface area contributed by atoms with E-state index in [2.05, 4.69) is 18.7 Å². The molecule has 0 fully saturated rings. The van der Waals surface area contributed by atoms with Crippen molar-refractivity contribution in [2.24, 2.45) is 0 Å². The van der Waals surface area contributed by atoms with E-state index in [0.29, 0.717) is 6.54 Å². The van der Waals surface area contributed by atoms with Gasteiger partial charge in [-0.25, -0.2) is 0 Å². The minimum atomic E-state index is 0.219. The molecule has 0 aromatic heterocycles. The number of ketones is 1. The summed E-state index contributed by atoms with van der Waals surface area (Å²) in [5.74, 6) is 1.16. The van der Waals surface area contributed by atoms with Crippen LogP contribution in [0.25, 0.3) is 0 Å². The van der Waals surface area contributed by atoms with Gasteiger partial charge in [-0.2, -0.15) is 0 Å². The Labute approximate surface area is 115 Å². The number of ether oxygens (including phenoxy) is 1. The quantitative estimate of drug-likeness (QED) is 0.707.